The summed E-state index contributed by atoms with van der Waals surface area (Å²) in [6.07, 6.45) is -1.45. The molecule has 7 nitrogen and oxygen atoms in total. The van der Waals surface area contributed by atoms with Gasteiger partial charge in [-0.15, -0.1) is 0 Å². The molecule has 0 aromatic heterocycles. The summed E-state index contributed by atoms with van der Waals surface area (Å²) in [4.78, 5) is 32.4. The smallest absolute Gasteiger partial charge is 0.408 e. The summed E-state index contributed by atoms with van der Waals surface area (Å²) in [6.45, 7) is 4.93. The normalized spacial score (nSPS) is 12.7. The Balaban J connectivity index is 4.35. The molecule has 0 aliphatic carbocycles. The zero-order chi connectivity index (χ0) is 12.9. The summed E-state index contributed by atoms with van der Waals surface area (Å²) >= 11 is 0. The molecule has 0 fully saturated rings. The van der Waals surface area contributed by atoms with Gasteiger partial charge in [-0.25, -0.2) is 4.79 Å². The van der Waals surface area contributed by atoms with Crippen LogP contribution in [0.25, 0.3) is 0 Å². The van der Waals surface area contributed by atoms with Crippen molar-refractivity contribution < 1.29 is 24.2 Å². The molecule has 0 radical (unpaired) electrons. The van der Waals surface area contributed by atoms with Crippen molar-refractivity contribution in [2.45, 2.75) is 38.8 Å². The molecule has 0 saturated carbocycles. The van der Waals surface area contributed by atoms with Crippen LogP contribution in [0.2, 0.25) is 0 Å². The van der Waals surface area contributed by atoms with Crippen molar-refractivity contribution in [3.63, 3.8) is 0 Å². The number of alkyl carbamates (subject to hydrolysis) is 1. The van der Waals surface area contributed by atoms with Gasteiger partial charge in [-0.3, -0.25) is 9.59 Å². The van der Waals surface area contributed by atoms with Crippen LogP contribution in [0.3, 0.4) is 0 Å². The number of carbonyl (C=O) groups is 3. The van der Waals surface area contributed by atoms with Gasteiger partial charge in [0.1, 0.15) is 11.6 Å². The number of carboxylic acids is 1. The lowest BCUT2D eigenvalue weighted by atomic mass is 10.2. The van der Waals surface area contributed by atoms with E-state index in [-0.39, 0.29) is 0 Å². The average molecular weight is 232 g/mol. The number of hydrogen-bond donors (Lipinski definition) is 3. The van der Waals surface area contributed by atoms with Crippen molar-refractivity contribution in [1.82, 2.24) is 5.32 Å². The van der Waals surface area contributed by atoms with Crippen molar-refractivity contribution in [2.75, 3.05) is 0 Å². The lowest BCUT2D eigenvalue weighted by Gasteiger charge is -2.21. The highest BCUT2D eigenvalue weighted by molar-refractivity contribution is 5.88. The van der Waals surface area contributed by atoms with Gasteiger partial charge in [-0.1, -0.05) is 0 Å². The number of ether oxygens (including phenoxy) is 1. The second-order valence-electron chi connectivity index (χ2n) is 4.20. The topological polar surface area (TPSA) is 119 Å². The van der Waals surface area contributed by atoms with Crippen LogP contribution in [0.5, 0.6) is 0 Å². The zero-order valence-corrected chi connectivity index (χ0v) is 9.44. The third kappa shape index (κ3) is 6.63. The van der Waals surface area contributed by atoms with Gasteiger partial charge >= 0.3 is 12.1 Å². The molecule has 0 aromatic rings. The predicted molar refractivity (Wildman–Crippen MR) is 54.6 cm³/mol. The van der Waals surface area contributed by atoms with Crippen LogP contribution in [-0.2, 0) is 14.3 Å². The molecular weight excluding hydrogens is 216 g/mol. The summed E-state index contributed by atoms with van der Waals surface area (Å²) in [5.41, 5.74) is 4.20. The fraction of sp³-hybridized carbons (Fsp3) is 0.667. The highest BCUT2D eigenvalue weighted by atomic mass is 16.6. The second kappa shape index (κ2) is 5.34. The maximum atomic E-state index is 11.2. The largest absolute Gasteiger partial charge is 0.481 e. The first-order valence-corrected chi connectivity index (χ1v) is 4.62. The Labute approximate surface area is 92.9 Å². The Hall–Kier alpha value is -1.79. The Morgan fingerprint density at radius 2 is 1.88 bits per heavy atom. The van der Waals surface area contributed by atoms with Crippen LogP contribution in [0.15, 0.2) is 0 Å². The number of nitrogens with two attached hydrogens (primary N) is 1. The Morgan fingerprint density at radius 3 is 2.19 bits per heavy atom. The maximum Gasteiger partial charge on any atom is 0.408 e. The average Bonchev–Trinajstić information content (AvgIpc) is 1.97. The van der Waals surface area contributed by atoms with Crippen molar-refractivity contribution in [2.24, 2.45) is 5.73 Å². The van der Waals surface area contributed by atoms with Gasteiger partial charge in [0.2, 0.25) is 5.91 Å². The number of amides is 2. The number of carbonyl (C=O) groups excluding carboxylic acids is 2. The summed E-state index contributed by atoms with van der Waals surface area (Å²) in [6, 6.07) is -1.27. The van der Waals surface area contributed by atoms with Gasteiger partial charge in [0.15, 0.2) is 0 Å². The molecule has 1 atom stereocenters. The van der Waals surface area contributed by atoms with E-state index in [1.807, 2.05) is 0 Å². The molecule has 4 N–H and O–H groups in total. The van der Waals surface area contributed by atoms with Crippen LogP contribution in [0, 0.1) is 0 Å². The quantitative estimate of drug-likeness (QED) is 0.622. The second-order valence-corrected chi connectivity index (χ2v) is 4.20. The lowest BCUT2D eigenvalue weighted by Crippen LogP contribution is -2.47. The van der Waals surface area contributed by atoms with Crippen molar-refractivity contribution in [1.29, 1.82) is 0 Å². The van der Waals surface area contributed by atoms with E-state index in [1.54, 1.807) is 20.8 Å². The summed E-state index contributed by atoms with van der Waals surface area (Å²) < 4.78 is 4.85. The monoisotopic (exact) mass is 232 g/mol. The first kappa shape index (κ1) is 14.2. The van der Waals surface area contributed by atoms with Crippen LogP contribution in [0.4, 0.5) is 4.79 Å². The molecular formula is C9H16N2O5. The van der Waals surface area contributed by atoms with Gasteiger partial charge in [0.25, 0.3) is 0 Å². The molecule has 0 aliphatic rings. The molecule has 0 unspecified atom stereocenters. The lowest BCUT2D eigenvalue weighted by molar-refractivity contribution is -0.139. The highest BCUT2D eigenvalue weighted by Gasteiger charge is 2.24. The van der Waals surface area contributed by atoms with E-state index in [2.05, 4.69) is 5.32 Å². The maximum absolute atomic E-state index is 11.2. The molecule has 0 aromatic carbocycles. The molecule has 0 saturated heterocycles. The van der Waals surface area contributed by atoms with Crippen molar-refractivity contribution in [3.8, 4) is 0 Å². The van der Waals surface area contributed by atoms with Crippen LogP contribution < -0.4 is 11.1 Å². The Kier molecular flexibility index (Phi) is 4.74. The van der Waals surface area contributed by atoms with E-state index in [0.717, 1.165) is 0 Å². The molecule has 0 aliphatic heterocycles. The number of primary amides is 1. The molecule has 0 heterocycles. The van der Waals surface area contributed by atoms with Crippen molar-refractivity contribution >= 4 is 18.0 Å². The van der Waals surface area contributed by atoms with E-state index < -0.39 is 36.0 Å². The third-order valence-electron chi connectivity index (χ3n) is 1.41. The highest BCUT2D eigenvalue weighted by Crippen LogP contribution is 2.07. The number of carboxylic acid groups (broad SMARTS) is 1. The number of rotatable bonds is 4. The van der Waals surface area contributed by atoms with Crippen molar-refractivity contribution in [3.05, 3.63) is 0 Å². The van der Waals surface area contributed by atoms with Gasteiger partial charge in [0, 0.05) is 0 Å². The fourth-order valence-corrected chi connectivity index (χ4v) is 0.847. The van der Waals surface area contributed by atoms with Gasteiger partial charge in [-0.2, -0.15) is 0 Å². The Bertz CT molecular complexity index is 295. The molecule has 7 heteroatoms. The third-order valence-corrected chi connectivity index (χ3v) is 1.41. The van der Waals surface area contributed by atoms with Gasteiger partial charge < -0.3 is 20.9 Å². The molecule has 2 amide bonds. The van der Waals surface area contributed by atoms with E-state index in [1.165, 1.54) is 0 Å². The van der Waals surface area contributed by atoms with Crippen LogP contribution in [-0.4, -0.2) is 34.7 Å². The SMILES string of the molecule is CC(C)(C)OC(=O)N[C@H](CC(=O)O)C(N)=O. The van der Waals surface area contributed by atoms with E-state index in [9.17, 15) is 14.4 Å². The van der Waals surface area contributed by atoms with Crippen LogP contribution >= 0.6 is 0 Å². The van der Waals surface area contributed by atoms with Gasteiger partial charge in [-0.05, 0) is 20.8 Å². The minimum absolute atomic E-state index is 0.575. The minimum atomic E-state index is -1.27. The zero-order valence-electron chi connectivity index (χ0n) is 9.44. The molecule has 0 rings (SSSR count). The standard InChI is InChI=1S/C9H16N2O5/c1-9(2,3)16-8(15)11-5(7(10)14)4-6(12)13/h5H,4H2,1-3H3,(H2,10,14)(H,11,15)(H,12,13)/t5-/m1/s1. The number of hydrogen-bond acceptors (Lipinski definition) is 4. The molecule has 0 spiro atoms. The first-order chi connectivity index (χ1) is 7.11. The Morgan fingerprint density at radius 1 is 1.38 bits per heavy atom. The van der Waals surface area contributed by atoms with Gasteiger partial charge in [0.05, 0.1) is 6.42 Å². The fourth-order valence-electron chi connectivity index (χ4n) is 0.847. The molecule has 0 bridgehead atoms. The van der Waals surface area contributed by atoms with Crippen LogP contribution in [0.1, 0.15) is 27.2 Å². The molecule has 16 heavy (non-hydrogen) atoms. The summed E-state index contributed by atoms with van der Waals surface area (Å²) in [7, 11) is 0. The van der Waals surface area contributed by atoms with E-state index >= 15 is 0 Å². The minimum Gasteiger partial charge on any atom is -0.481 e. The first-order valence-electron chi connectivity index (χ1n) is 4.62. The predicted octanol–water partition coefficient (Wildman–Crippen LogP) is -0.160. The van der Waals surface area contributed by atoms with E-state index in [0.29, 0.717) is 0 Å². The van der Waals surface area contributed by atoms with E-state index in [4.69, 9.17) is 15.6 Å². The summed E-state index contributed by atoms with van der Waals surface area (Å²) in [5, 5.41) is 10.6. The number of nitrogens with one attached hydrogen (secondary N) is 1. The number of aliphatic carboxylic acids is 1. The summed E-state index contributed by atoms with van der Waals surface area (Å²) in [5.74, 6) is -2.16. The molecule has 92 valence electrons.